The van der Waals surface area contributed by atoms with Crippen molar-refractivity contribution < 1.29 is 14.4 Å². The third-order valence-electron chi connectivity index (χ3n) is 5.82. The molecule has 0 N–H and O–H groups in total. The number of hydrogen-bond donors (Lipinski definition) is 0. The van der Waals surface area contributed by atoms with Crippen LogP contribution in [-0.4, -0.2) is 18.9 Å². The molecule has 0 heterocycles. The molecule has 0 unspecified atom stereocenters. The van der Waals surface area contributed by atoms with Gasteiger partial charge < -0.3 is 0 Å². The molecule has 0 aliphatic heterocycles. The number of carbonyl (C=O) groups is 3. The van der Waals surface area contributed by atoms with E-state index in [4.69, 9.17) is 0 Å². The van der Waals surface area contributed by atoms with Gasteiger partial charge in [0.05, 0.1) is 0 Å². The first-order chi connectivity index (χ1) is 17.7. The van der Waals surface area contributed by atoms with Crippen LogP contribution in [0.15, 0.2) is 127 Å². The summed E-state index contributed by atoms with van der Waals surface area (Å²) in [7, 11) is 0. The summed E-state index contributed by atoms with van der Waals surface area (Å²) >= 11 is 0. The van der Waals surface area contributed by atoms with Crippen LogP contribution < -0.4 is 0 Å². The highest BCUT2D eigenvalue weighted by molar-refractivity contribution is 6.12. The van der Waals surface area contributed by atoms with Crippen LogP contribution in [0.1, 0.15) is 31.1 Å². The van der Waals surface area contributed by atoms with Gasteiger partial charge in [-0.2, -0.15) is 0 Å². The van der Waals surface area contributed by atoms with Gasteiger partial charge in [0.1, 0.15) is 6.29 Å². The number of benzene rings is 6. The Hall–Kier alpha value is -4.89. The Bertz CT molecular complexity index is 1580. The molecule has 0 saturated carbocycles. The van der Waals surface area contributed by atoms with E-state index < -0.39 is 0 Å². The van der Waals surface area contributed by atoms with Crippen LogP contribution in [0.3, 0.4) is 0 Å². The van der Waals surface area contributed by atoms with Crippen molar-refractivity contribution in [2.45, 2.75) is 0 Å². The molecule has 6 aromatic rings. The predicted octanol–water partition coefficient (Wildman–Crippen LogP) is 7.96. The highest BCUT2D eigenvalue weighted by atomic mass is 16.1. The summed E-state index contributed by atoms with van der Waals surface area (Å²) in [6, 6.07) is 40.8. The van der Waals surface area contributed by atoms with Crippen LogP contribution in [0.25, 0.3) is 32.3 Å². The van der Waals surface area contributed by atoms with Gasteiger partial charge in [-0.1, -0.05) is 121 Å². The minimum absolute atomic E-state index is 0.729. The topological polar surface area (TPSA) is 51.2 Å². The summed E-state index contributed by atoms with van der Waals surface area (Å²) in [5.41, 5.74) is 2.27. The molecule has 36 heavy (non-hydrogen) atoms. The molecule has 0 bridgehead atoms. The number of hydrogen-bond acceptors (Lipinski definition) is 3. The first-order valence-corrected chi connectivity index (χ1v) is 11.5. The van der Waals surface area contributed by atoms with Crippen molar-refractivity contribution in [3.8, 4) is 0 Å². The van der Waals surface area contributed by atoms with Crippen LogP contribution in [0, 0.1) is 0 Å². The molecule has 0 aromatic heterocycles. The lowest BCUT2D eigenvalue weighted by Gasteiger charge is -2.05. The minimum Gasteiger partial charge on any atom is -0.298 e. The molecule has 0 aliphatic carbocycles. The Morgan fingerprint density at radius 2 is 0.889 bits per heavy atom. The summed E-state index contributed by atoms with van der Waals surface area (Å²) in [5, 5.41) is 6.41. The van der Waals surface area contributed by atoms with Crippen LogP contribution in [0.5, 0.6) is 0 Å². The molecule has 6 rings (SSSR count). The van der Waals surface area contributed by atoms with Crippen molar-refractivity contribution in [1.82, 2.24) is 0 Å². The molecule has 0 amide bonds. The molecular formula is C33H24O3. The minimum atomic E-state index is 0.729. The van der Waals surface area contributed by atoms with Crippen LogP contribution >= 0.6 is 0 Å². The van der Waals surface area contributed by atoms with E-state index in [2.05, 4.69) is 6.07 Å². The number of fused-ring (bicyclic) bond motifs is 3. The van der Waals surface area contributed by atoms with Crippen molar-refractivity contribution in [2.75, 3.05) is 0 Å². The fraction of sp³-hybridized carbons (Fsp3) is 0. The maximum absolute atomic E-state index is 11.2. The number of carbonyl (C=O) groups excluding carboxylic acids is 3. The maximum atomic E-state index is 11.2. The Morgan fingerprint density at radius 3 is 1.42 bits per heavy atom. The second-order valence-corrected chi connectivity index (χ2v) is 8.07. The van der Waals surface area contributed by atoms with E-state index in [-0.39, 0.29) is 0 Å². The lowest BCUT2D eigenvalue weighted by molar-refractivity contribution is 0.111. The number of rotatable bonds is 3. The fourth-order valence-corrected chi connectivity index (χ4v) is 4.06. The van der Waals surface area contributed by atoms with Crippen molar-refractivity contribution in [1.29, 1.82) is 0 Å². The average molecular weight is 469 g/mol. The van der Waals surface area contributed by atoms with Crippen LogP contribution in [-0.2, 0) is 0 Å². The van der Waals surface area contributed by atoms with E-state index in [1.807, 2.05) is 109 Å². The Labute approximate surface area is 209 Å². The Morgan fingerprint density at radius 1 is 0.389 bits per heavy atom. The standard InChI is InChI=1S/C15H10O.C11H8O.C7H6O/c16-10-15-13-7-3-1-5-11(13)9-12-6-2-4-8-14(12)15;12-8-10-6-3-5-9-4-1-2-7-11(9)10;8-6-7-4-2-1-3-5-7/h1-10H;1-8H;1-6H. The largest absolute Gasteiger partial charge is 0.298 e. The van der Waals surface area contributed by atoms with Gasteiger partial charge in [0.25, 0.3) is 0 Å². The second-order valence-electron chi connectivity index (χ2n) is 8.07. The summed E-state index contributed by atoms with van der Waals surface area (Å²) in [6.45, 7) is 0. The van der Waals surface area contributed by atoms with Crippen molar-refractivity contribution in [3.63, 3.8) is 0 Å². The Balaban J connectivity index is 0.000000135. The van der Waals surface area contributed by atoms with Gasteiger partial charge in [-0.05, 0) is 38.4 Å². The predicted molar refractivity (Wildman–Crippen MR) is 148 cm³/mol. The van der Waals surface area contributed by atoms with Gasteiger partial charge in [-0.25, -0.2) is 0 Å². The van der Waals surface area contributed by atoms with Crippen molar-refractivity contribution in [3.05, 3.63) is 144 Å². The normalized spacial score (nSPS) is 10.0. The van der Waals surface area contributed by atoms with E-state index >= 15 is 0 Å². The molecule has 0 radical (unpaired) electrons. The van der Waals surface area contributed by atoms with E-state index in [9.17, 15) is 14.4 Å². The number of aldehydes is 3. The van der Waals surface area contributed by atoms with Gasteiger partial charge in [0, 0.05) is 16.7 Å². The van der Waals surface area contributed by atoms with Gasteiger partial charge >= 0.3 is 0 Å². The average Bonchev–Trinajstić information content (AvgIpc) is 2.96. The zero-order valence-corrected chi connectivity index (χ0v) is 19.6. The molecule has 3 nitrogen and oxygen atoms in total. The Kier molecular flexibility index (Phi) is 8.08. The first kappa shape index (κ1) is 24.2. The molecule has 174 valence electrons. The first-order valence-electron chi connectivity index (χ1n) is 11.5. The van der Waals surface area contributed by atoms with E-state index in [1.54, 1.807) is 12.1 Å². The van der Waals surface area contributed by atoms with Gasteiger partial charge in [0.15, 0.2) is 12.6 Å². The molecule has 3 heteroatoms. The summed E-state index contributed by atoms with van der Waals surface area (Å²) in [6.07, 6.45) is 2.67. The van der Waals surface area contributed by atoms with Crippen LogP contribution in [0.2, 0.25) is 0 Å². The van der Waals surface area contributed by atoms with Gasteiger partial charge in [-0.15, -0.1) is 0 Å². The quantitative estimate of drug-likeness (QED) is 0.196. The molecular weight excluding hydrogens is 444 g/mol. The smallest absolute Gasteiger partial charge is 0.151 e. The SMILES string of the molecule is O=Cc1c2ccccc2cc2ccccc12.O=Cc1cccc2ccccc12.O=Cc1ccccc1. The van der Waals surface area contributed by atoms with E-state index in [1.165, 1.54) is 0 Å². The van der Waals surface area contributed by atoms with Gasteiger partial charge in [-0.3, -0.25) is 14.4 Å². The van der Waals surface area contributed by atoms with E-state index in [0.29, 0.717) is 0 Å². The van der Waals surface area contributed by atoms with Gasteiger partial charge in [0.2, 0.25) is 0 Å². The molecule has 0 saturated heterocycles. The lowest BCUT2D eigenvalue weighted by atomic mass is 9.98. The second kappa shape index (κ2) is 12.0. The summed E-state index contributed by atoms with van der Waals surface area (Å²) in [4.78, 5) is 31.9. The van der Waals surface area contributed by atoms with Crippen LogP contribution in [0.4, 0.5) is 0 Å². The zero-order chi connectivity index (χ0) is 25.2. The zero-order valence-electron chi connectivity index (χ0n) is 19.6. The lowest BCUT2D eigenvalue weighted by Crippen LogP contribution is -1.86. The monoisotopic (exact) mass is 468 g/mol. The molecule has 6 aromatic carbocycles. The summed E-state index contributed by atoms with van der Waals surface area (Å²) in [5.74, 6) is 0. The fourth-order valence-electron chi connectivity index (χ4n) is 4.06. The molecule has 0 spiro atoms. The van der Waals surface area contributed by atoms with E-state index in [0.717, 1.165) is 67.9 Å². The summed E-state index contributed by atoms with van der Waals surface area (Å²) < 4.78 is 0. The van der Waals surface area contributed by atoms with Crippen molar-refractivity contribution >= 4 is 51.2 Å². The highest BCUT2D eigenvalue weighted by Gasteiger charge is 2.05. The molecule has 0 aliphatic rings. The van der Waals surface area contributed by atoms with Crippen molar-refractivity contribution in [2.24, 2.45) is 0 Å². The maximum Gasteiger partial charge on any atom is 0.151 e. The molecule has 0 atom stereocenters. The third-order valence-corrected chi connectivity index (χ3v) is 5.82. The highest BCUT2D eigenvalue weighted by Crippen LogP contribution is 2.26. The molecule has 0 fully saturated rings. The third kappa shape index (κ3) is 5.60.